The molecule has 0 aliphatic carbocycles. The van der Waals surface area contributed by atoms with E-state index in [1.807, 2.05) is 0 Å². The highest BCUT2D eigenvalue weighted by molar-refractivity contribution is 7.90. The maximum Gasteiger partial charge on any atom is 0.364 e. The molecule has 0 amide bonds. The fraction of sp³-hybridized carbons (Fsp3) is 0.0625. The fourth-order valence-corrected chi connectivity index (χ4v) is 3.30. The van der Waals surface area contributed by atoms with E-state index in [0.717, 1.165) is 6.26 Å². The Kier molecular flexibility index (Phi) is 3.92. The zero-order valence-electron chi connectivity index (χ0n) is 13.9. The lowest BCUT2D eigenvalue weighted by molar-refractivity contribution is 0.0731. The first kappa shape index (κ1) is 16.8. The van der Waals surface area contributed by atoms with Crippen molar-refractivity contribution in [1.29, 1.82) is 0 Å². The van der Waals surface area contributed by atoms with Crippen LogP contribution in [0.1, 0.15) is 10.5 Å². The molecule has 0 fully saturated rings. The van der Waals surface area contributed by atoms with Gasteiger partial charge in [-0.3, -0.25) is 4.40 Å². The molecule has 0 aliphatic rings. The molecule has 0 aliphatic heterocycles. The third-order valence-electron chi connectivity index (χ3n) is 3.70. The van der Waals surface area contributed by atoms with Gasteiger partial charge in [0, 0.05) is 12.5 Å². The molecule has 0 radical (unpaired) electrons. The number of hydrogen-bond acceptors (Lipinski definition) is 8. The van der Waals surface area contributed by atoms with E-state index in [9.17, 15) is 13.2 Å². The van der Waals surface area contributed by atoms with Gasteiger partial charge in [0.25, 0.3) is 0 Å². The van der Waals surface area contributed by atoms with Gasteiger partial charge in [0.15, 0.2) is 5.69 Å². The number of imidazole rings is 1. The van der Waals surface area contributed by atoms with Crippen LogP contribution in [-0.2, 0) is 9.84 Å². The predicted octanol–water partition coefficient (Wildman–Crippen LogP) is 0.933. The number of esters is 1. The van der Waals surface area contributed by atoms with Crippen LogP contribution in [-0.4, -0.2) is 50.2 Å². The molecule has 4 rings (SSSR count). The Balaban J connectivity index is 1.66. The molecule has 3 aromatic heterocycles. The van der Waals surface area contributed by atoms with Crippen molar-refractivity contribution in [3.63, 3.8) is 0 Å². The zero-order valence-corrected chi connectivity index (χ0v) is 14.7. The van der Waals surface area contributed by atoms with Crippen LogP contribution in [0, 0.1) is 0 Å². The molecular weight excluding hydrogens is 372 g/mol. The average Bonchev–Trinajstić information content (AvgIpc) is 3.30. The maximum atomic E-state index is 12.6. The molecule has 0 bridgehead atoms. The standard InChI is InChI=1S/C16H12N6O4S/c1-27(24,25)16-18-14(13-4-2-3-9-21(13)16)15(23)26-12-7-5-11(6-8-12)22-10-17-19-20-22/h2-10H,1H3. The topological polar surface area (TPSA) is 121 Å². The number of aromatic nitrogens is 6. The highest BCUT2D eigenvalue weighted by atomic mass is 32.2. The largest absolute Gasteiger partial charge is 0.422 e. The molecule has 27 heavy (non-hydrogen) atoms. The fourth-order valence-electron chi connectivity index (χ4n) is 2.52. The SMILES string of the molecule is CS(=O)(=O)c1nc(C(=O)Oc2ccc(-n3cnnn3)cc2)c2ccccn12. The predicted molar refractivity (Wildman–Crippen MR) is 92.4 cm³/mol. The van der Waals surface area contributed by atoms with E-state index in [1.165, 1.54) is 21.6 Å². The number of carbonyl (C=O) groups excluding carboxylic acids is 1. The van der Waals surface area contributed by atoms with Crippen LogP contribution >= 0.6 is 0 Å². The van der Waals surface area contributed by atoms with Crippen LogP contribution in [0.5, 0.6) is 5.75 Å². The minimum Gasteiger partial charge on any atom is -0.422 e. The second-order valence-corrected chi connectivity index (χ2v) is 7.52. The Labute approximate surface area is 152 Å². The van der Waals surface area contributed by atoms with Crippen molar-refractivity contribution >= 4 is 21.3 Å². The maximum absolute atomic E-state index is 12.6. The quantitative estimate of drug-likeness (QED) is 0.376. The van der Waals surface area contributed by atoms with Crippen molar-refractivity contribution in [3.8, 4) is 11.4 Å². The number of pyridine rings is 1. The minimum atomic E-state index is -3.62. The van der Waals surface area contributed by atoms with Gasteiger partial charge in [-0.05, 0) is 46.8 Å². The number of nitrogens with zero attached hydrogens (tertiary/aromatic N) is 6. The number of fused-ring (bicyclic) bond motifs is 1. The number of carbonyl (C=O) groups is 1. The Morgan fingerprint density at radius 1 is 1.11 bits per heavy atom. The van der Waals surface area contributed by atoms with E-state index in [-0.39, 0.29) is 16.6 Å². The van der Waals surface area contributed by atoms with Crippen LogP contribution in [0.15, 0.2) is 60.1 Å². The lowest BCUT2D eigenvalue weighted by Gasteiger charge is -2.04. The van der Waals surface area contributed by atoms with Gasteiger partial charge >= 0.3 is 5.97 Å². The van der Waals surface area contributed by atoms with E-state index >= 15 is 0 Å². The number of hydrogen-bond donors (Lipinski definition) is 0. The van der Waals surface area contributed by atoms with Crippen LogP contribution in [0.4, 0.5) is 0 Å². The molecule has 11 heteroatoms. The molecule has 0 atom stereocenters. The van der Waals surface area contributed by atoms with Crippen LogP contribution in [0.3, 0.4) is 0 Å². The van der Waals surface area contributed by atoms with E-state index in [1.54, 1.807) is 42.5 Å². The summed E-state index contributed by atoms with van der Waals surface area (Å²) in [6.45, 7) is 0. The third kappa shape index (κ3) is 3.15. The van der Waals surface area contributed by atoms with Crippen molar-refractivity contribution < 1.29 is 17.9 Å². The van der Waals surface area contributed by atoms with E-state index in [2.05, 4.69) is 20.5 Å². The second kappa shape index (κ2) is 6.29. The van der Waals surface area contributed by atoms with Gasteiger partial charge in [-0.25, -0.2) is 22.9 Å². The number of benzene rings is 1. The number of rotatable bonds is 4. The van der Waals surface area contributed by atoms with Crippen molar-refractivity contribution in [3.05, 3.63) is 60.7 Å². The van der Waals surface area contributed by atoms with Gasteiger partial charge in [0.1, 0.15) is 12.1 Å². The summed E-state index contributed by atoms with van der Waals surface area (Å²) >= 11 is 0. The lowest BCUT2D eigenvalue weighted by Crippen LogP contribution is -2.10. The smallest absolute Gasteiger partial charge is 0.364 e. The highest BCUT2D eigenvalue weighted by Gasteiger charge is 2.24. The first-order valence-corrected chi connectivity index (χ1v) is 9.55. The monoisotopic (exact) mass is 384 g/mol. The Morgan fingerprint density at radius 2 is 1.89 bits per heavy atom. The molecule has 3 heterocycles. The van der Waals surface area contributed by atoms with E-state index < -0.39 is 15.8 Å². The normalized spacial score (nSPS) is 11.6. The first-order valence-electron chi connectivity index (χ1n) is 7.66. The third-order valence-corrected chi connectivity index (χ3v) is 4.65. The number of ether oxygens (including phenoxy) is 1. The molecule has 0 saturated carbocycles. The minimum absolute atomic E-state index is 0.0828. The molecule has 1 aromatic carbocycles. The van der Waals surface area contributed by atoms with Gasteiger partial charge in [-0.1, -0.05) is 6.07 Å². The Hall–Kier alpha value is -3.60. The molecule has 136 valence electrons. The van der Waals surface area contributed by atoms with Gasteiger partial charge in [0.05, 0.1) is 11.2 Å². The Morgan fingerprint density at radius 3 is 2.56 bits per heavy atom. The van der Waals surface area contributed by atoms with Crippen molar-refractivity contribution in [2.24, 2.45) is 0 Å². The van der Waals surface area contributed by atoms with E-state index in [4.69, 9.17) is 4.74 Å². The number of tetrazole rings is 1. The molecular formula is C16H12N6O4S. The highest BCUT2D eigenvalue weighted by Crippen LogP contribution is 2.20. The van der Waals surface area contributed by atoms with Crippen LogP contribution < -0.4 is 4.74 Å². The number of sulfone groups is 1. The molecule has 0 spiro atoms. The molecule has 10 nitrogen and oxygen atoms in total. The van der Waals surface area contributed by atoms with Crippen molar-refractivity contribution in [2.45, 2.75) is 5.16 Å². The Bertz CT molecular complexity index is 1230. The molecule has 0 unspecified atom stereocenters. The molecule has 4 aromatic rings. The van der Waals surface area contributed by atoms with Crippen LogP contribution in [0.2, 0.25) is 0 Å². The summed E-state index contributed by atoms with van der Waals surface area (Å²) in [4.78, 5) is 16.5. The zero-order chi connectivity index (χ0) is 19.0. The van der Waals surface area contributed by atoms with Gasteiger partial charge in [-0.2, -0.15) is 0 Å². The first-order chi connectivity index (χ1) is 12.9. The lowest BCUT2D eigenvalue weighted by atomic mass is 10.3. The van der Waals surface area contributed by atoms with Gasteiger partial charge in [-0.15, -0.1) is 5.10 Å². The van der Waals surface area contributed by atoms with Crippen molar-refractivity contribution in [2.75, 3.05) is 6.26 Å². The van der Waals surface area contributed by atoms with Crippen molar-refractivity contribution in [1.82, 2.24) is 29.6 Å². The summed E-state index contributed by atoms with van der Waals surface area (Å²) in [6, 6.07) is 11.4. The summed E-state index contributed by atoms with van der Waals surface area (Å²) < 4.78 is 32.0. The summed E-state index contributed by atoms with van der Waals surface area (Å²) in [7, 11) is -3.62. The van der Waals surface area contributed by atoms with E-state index in [0.29, 0.717) is 11.2 Å². The second-order valence-electron chi connectivity index (χ2n) is 5.61. The van der Waals surface area contributed by atoms with Gasteiger partial charge in [0.2, 0.25) is 15.0 Å². The van der Waals surface area contributed by atoms with Gasteiger partial charge < -0.3 is 4.74 Å². The molecule has 0 N–H and O–H groups in total. The van der Waals surface area contributed by atoms with Crippen LogP contribution in [0.25, 0.3) is 11.2 Å². The summed E-state index contributed by atoms with van der Waals surface area (Å²) in [5.41, 5.74) is 0.945. The summed E-state index contributed by atoms with van der Waals surface area (Å²) in [5, 5.41) is 10.6. The average molecular weight is 384 g/mol. The molecule has 0 saturated heterocycles. The summed E-state index contributed by atoms with van der Waals surface area (Å²) in [6.07, 6.45) is 3.99. The summed E-state index contributed by atoms with van der Waals surface area (Å²) in [5.74, 6) is -0.487.